The lowest BCUT2D eigenvalue weighted by atomic mass is 9.48. The maximum atomic E-state index is 14.0. The van der Waals surface area contributed by atoms with E-state index in [1.165, 1.54) is 25.0 Å². The van der Waals surface area contributed by atoms with E-state index in [0.29, 0.717) is 43.4 Å². The topological polar surface area (TPSA) is 73.2 Å². The molecule has 2 aliphatic heterocycles. The van der Waals surface area contributed by atoms with Crippen molar-refractivity contribution in [2.24, 2.45) is 5.92 Å². The molecule has 10 heteroatoms. The Balaban J connectivity index is 1.19. The third-order valence-corrected chi connectivity index (χ3v) is 10.3. The van der Waals surface area contributed by atoms with E-state index in [2.05, 4.69) is 4.90 Å². The Kier molecular flexibility index (Phi) is 5.84. The van der Waals surface area contributed by atoms with E-state index < -0.39 is 46.6 Å². The van der Waals surface area contributed by atoms with E-state index in [0.717, 1.165) is 36.3 Å². The normalized spacial score (nSPS) is 32.1. The number of nitrogens with zero attached hydrogens (tertiary/aromatic N) is 2. The van der Waals surface area contributed by atoms with Crippen molar-refractivity contribution < 1.29 is 37.3 Å². The number of carbonyl (C=O) groups is 1. The van der Waals surface area contributed by atoms with Gasteiger partial charge in [-0.05, 0) is 86.4 Å². The minimum absolute atomic E-state index is 0.0192. The van der Waals surface area contributed by atoms with Crippen molar-refractivity contribution in [3.63, 3.8) is 0 Å². The Morgan fingerprint density at radius 3 is 2.68 bits per heavy atom. The first-order chi connectivity index (χ1) is 19.4. The molecule has 2 unspecified atom stereocenters. The highest BCUT2D eigenvalue weighted by Gasteiger charge is 2.73. The first-order valence-corrected chi connectivity index (χ1v) is 14.2. The van der Waals surface area contributed by atoms with E-state index in [4.69, 9.17) is 4.74 Å². The van der Waals surface area contributed by atoms with Gasteiger partial charge in [-0.1, -0.05) is 12.1 Å². The van der Waals surface area contributed by atoms with Crippen LogP contribution in [0.25, 0.3) is 6.08 Å². The van der Waals surface area contributed by atoms with Crippen LogP contribution in [0.3, 0.4) is 0 Å². The fraction of sp³-hybridized carbons (Fsp3) is 0.516. The minimum Gasteiger partial charge on any atom is -0.504 e. The van der Waals surface area contributed by atoms with E-state index >= 15 is 0 Å². The number of hydrogen-bond acceptors (Lipinski definition) is 5. The molecule has 2 aromatic carbocycles. The highest BCUT2D eigenvalue weighted by molar-refractivity contribution is 5.92. The van der Waals surface area contributed by atoms with Crippen LogP contribution in [-0.4, -0.2) is 69.8 Å². The van der Waals surface area contributed by atoms with Gasteiger partial charge in [0.25, 0.3) is 0 Å². The summed E-state index contributed by atoms with van der Waals surface area (Å²) in [5, 5.41) is 23.4. The molecule has 1 amide bonds. The monoisotopic (exact) mass is 572 g/mol. The van der Waals surface area contributed by atoms with Gasteiger partial charge in [-0.2, -0.15) is 13.2 Å². The Labute approximate surface area is 235 Å². The Bertz CT molecular complexity index is 1460. The summed E-state index contributed by atoms with van der Waals surface area (Å²) in [4.78, 5) is 17.3. The SMILES string of the molecule is CN(C(=O)/C=C/c1ccc(C(F)(F)F)c(F)c1)C1CC[C@@]2(O)[C@H]3Cc4ccc(O)c5c4[C@@]2(CCN3CC2CC2)C1O5. The van der Waals surface area contributed by atoms with Crippen molar-refractivity contribution in [3.8, 4) is 11.5 Å². The molecule has 5 atom stereocenters. The van der Waals surface area contributed by atoms with E-state index in [9.17, 15) is 32.6 Å². The van der Waals surface area contributed by atoms with Gasteiger partial charge in [0.1, 0.15) is 11.9 Å². The van der Waals surface area contributed by atoms with Crippen molar-refractivity contribution in [1.29, 1.82) is 0 Å². The summed E-state index contributed by atoms with van der Waals surface area (Å²) in [6.07, 6.45) is 1.81. The molecule has 2 aromatic rings. The molecule has 5 aliphatic rings. The van der Waals surface area contributed by atoms with Crippen LogP contribution in [0.4, 0.5) is 17.6 Å². The second-order valence-electron chi connectivity index (χ2n) is 12.4. The highest BCUT2D eigenvalue weighted by Crippen LogP contribution is 2.66. The van der Waals surface area contributed by atoms with Gasteiger partial charge in [0.15, 0.2) is 11.5 Å². The molecule has 3 aliphatic carbocycles. The lowest BCUT2D eigenvalue weighted by molar-refractivity contribution is -0.200. The second kappa shape index (κ2) is 8.94. The smallest absolute Gasteiger partial charge is 0.419 e. The van der Waals surface area contributed by atoms with Crippen LogP contribution in [0.2, 0.25) is 0 Å². The number of rotatable bonds is 5. The van der Waals surface area contributed by atoms with Crippen molar-refractivity contribution in [2.75, 3.05) is 20.1 Å². The zero-order valence-electron chi connectivity index (χ0n) is 22.6. The third-order valence-electron chi connectivity index (χ3n) is 10.3. The molecule has 1 saturated heterocycles. The Hall–Kier alpha value is -3.11. The van der Waals surface area contributed by atoms with E-state index in [-0.39, 0.29) is 17.4 Å². The maximum absolute atomic E-state index is 14.0. The molecule has 6 nitrogen and oxygen atoms in total. The van der Waals surface area contributed by atoms with Crippen molar-refractivity contribution in [1.82, 2.24) is 9.80 Å². The molecule has 2 bridgehead atoms. The quantitative estimate of drug-likeness (QED) is 0.403. The molecule has 0 radical (unpaired) electrons. The number of hydrogen-bond donors (Lipinski definition) is 2. The third kappa shape index (κ3) is 3.86. The maximum Gasteiger partial charge on any atom is 0.419 e. The molecular weight excluding hydrogens is 540 g/mol. The van der Waals surface area contributed by atoms with Crippen LogP contribution in [0.5, 0.6) is 11.5 Å². The van der Waals surface area contributed by atoms with Crippen LogP contribution < -0.4 is 4.74 Å². The number of piperidine rings is 1. The Morgan fingerprint density at radius 2 is 1.98 bits per heavy atom. The minimum atomic E-state index is -4.80. The van der Waals surface area contributed by atoms with Gasteiger partial charge < -0.3 is 19.8 Å². The largest absolute Gasteiger partial charge is 0.504 e. The highest BCUT2D eigenvalue weighted by atomic mass is 19.4. The molecule has 7 rings (SSSR count). The first kappa shape index (κ1) is 26.8. The summed E-state index contributed by atoms with van der Waals surface area (Å²) >= 11 is 0. The van der Waals surface area contributed by atoms with Crippen LogP contribution >= 0.6 is 0 Å². The average Bonchev–Trinajstić information content (AvgIpc) is 3.66. The van der Waals surface area contributed by atoms with Crippen LogP contribution in [0, 0.1) is 11.7 Å². The van der Waals surface area contributed by atoms with Gasteiger partial charge >= 0.3 is 6.18 Å². The number of halogens is 4. The van der Waals surface area contributed by atoms with Crippen LogP contribution in [-0.2, 0) is 22.8 Å². The van der Waals surface area contributed by atoms with Crippen molar-refractivity contribution in [2.45, 2.75) is 73.9 Å². The van der Waals surface area contributed by atoms with Gasteiger partial charge in [-0.25, -0.2) is 4.39 Å². The zero-order valence-corrected chi connectivity index (χ0v) is 22.6. The zero-order chi connectivity index (χ0) is 28.9. The van der Waals surface area contributed by atoms with E-state index in [1.54, 1.807) is 18.0 Å². The molecule has 41 heavy (non-hydrogen) atoms. The average molecular weight is 573 g/mol. The van der Waals surface area contributed by atoms with Gasteiger partial charge in [-0.15, -0.1) is 0 Å². The van der Waals surface area contributed by atoms with Crippen LogP contribution in [0.1, 0.15) is 54.4 Å². The number of aromatic hydroxyl groups is 1. The number of amides is 1. The van der Waals surface area contributed by atoms with E-state index in [1.807, 2.05) is 6.07 Å². The second-order valence-corrected chi connectivity index (χ2v) is 12.4. The number of phenols is 1. The molecule has 2 N–H and O–H groups in total. The van der Waals surface area contributed by atoms with Gasteiger partial charge in [0.05, 0.1) is 22.6 Å². The molecule has 218 valence electrons. The van der Waals surface area contributed by atoms with Crippen LogP contribution in [0.15, 0.2) is 36.4 Å². The molecule has 2 saturated carbocycles. The molecule has 1 spiro atoms. The van der Waals surface area contributed by atoms with Gasteiger partial charge in [-0.3, -0.25) is 9.69 Å². The fourth-order valence-corrected chi connectivity index (χ4v) is 8.17. The van der Waals surface area contributed by atoms with Crippen molar-refractivity contribution >= 4 is 12.0 Å². The summed E-state index contributed by atoms with van der Waals surface area (Å²) in [5.41, 5.74) is -1.15. The summed E-state index contributed by atoms with van der Waals surface area (Å²) in [5.74, 6) is -0.738. The lowest BCUT2D eigenvalue weighted by Crippen LogP contribution is -2.78. The standard InChI is InChI=1S/C31H32F4N2O4/c1-36(25(39)9-5-17-4-7-20(21(32)14-17)31(33,34)35)22-10-11-30(40)24-15-19-6-8-23(38)27-26(19)29(30,28(22)41-27)12-13-37(24)16-18-2-3-18/h4-9,14,18,22,24,28,38,40H,2-3,10-13,15-16H2,1H3/b9-5+/t22?,24-,28?,29+,30-/m1/s1. The number of likely N-dealkylation sites (N-methyl/N-ethyl adjacent to an activating group) is 1. The molecule has 3 fully saturated rings. The molecular formula is C31H32F4N2O4. The van der Waals surface area contributed by atoms with Gasteiger partial charge in [0, 0.05) is 31.3 Å². The molecule has 0 aromatic heterocycles. The van der Waals surface area contributed by atoms with Gasteiger partial charge in [0.2, 0.25) is 5.91 Å². The fourth-order valence-electron chi connectivity index (χ4n) is 8.17. The van der Waals surface area contributed by atoms with Crippen molar-refractivity contribution in [3.05, 3.63) is 64.5 Å². The summed E-state index contributed by atoms with van der Waals surface area (Å²) < 4.78 is 59.3. The molecule has 2 heterocycles. The number of alkyl halides is 3. The summed E-state index contributed by atoms with van der Waals surface area (Å²) in [6, 6.07) is 5.60. The number of carbonyl (C=O) groups excluding carboxylic acids is 1. The predicted octanol–water partition coefficient (Wildman–Crippen LogP) is 4.65. The number of ether oxygens (including phenoxy) is 1. The number of likely N-dealkylation sites (tertiary alicyclic amines) is 1. The first-order valence-electron chi connectivity index (χ1n) is 14.2. The number of phenolic OH excluding ortho intramolecular Hbond substituents is 1. The number of benzene rings is 2. The Morgan fingerprint density at radius 1 is 1.20 bits per heavy atom. The lowest BCUT2D eigenvalue weighted by Gasteiger charge is -2.64. The predicted molar refractivity (Wildman–Crippen MR) is 142 cm³/mol. The summed E-state index contributed by atoms with van der Waals surface area (Å²) in [7, 11) is 1.64. The number of aliphatic hydroxyl groups is 1. The summed E-state index contributed by atoms with van der Waals surface area (Å²) in [6.45, 7) is 1.76.